The van der Waals surface area contributed by atoms with Crippen LogP contribution in [0.25, 0.3) is 22.1 Å². The van der Waals surface area contributed by atoms with Gasteiger partial charge >= 0.3 is 5.97 Å². The lowest BCUT2D eigenvalue weighted by molar-refractivity contribution is 0.0526. The Balaban J connectivity index is 2.40. The van der Waals surface area contributed by atoms with Gasteiger partial charge < -0.3 is 4.74 Å². The van der Waals surface area contributed by atoms with Crippen molar-refractivity contribution < 1.29 is 9.53 Å². The summed E-state index contributed by atoms with van der Waals surface area (Å²) in [5.41, 5.74) is 11.7. The topological polar surface area (TPSA) is 75.1 Å². The van der Waals surface area contributed by atoms with Crippen LogP contribution in [0.2, 0.25) is 0 Å². The molecule has 0 saturated carbocycles. The number of ether oxygens (including phenoxy) is 1. The predicted octanol–water partition coefficient (Wildman–Crippen LogP) is 4.71. The van der Waals surface area contributed by atoms with E-state index in [0.29, 0.717) is 12.2 Å². The number of esters is 1. The maximum atomic E-state index is 11.9. The molecule has 0 saturated heterocycles. The highest BCUT2D eigenvalue weighted by Crippen LogP contribution is 2.20. The van der Waals surface area contributed by atoms with E-state index in [-0.39, 0.29) is 12.5 Å². The van der Waals surface area contributed by atoms with Crippen LogP contribution in [-0.2, 0) is 4.74 Å². The second-order valence-corrected chi connectivity index (χ2v) is 4.77. The quantitative estimate of drug-likeness (QED) is 0.255. The van der Waals surface area contributed by atoms with Crippen LogP contribution in [-0.4, -0.2) is 19.1 Å². The Morgan fingerprint density at radius 2 is 1.91 bits per heavy atom. The zero-order valence-corrected chi connectivity index (χ0v) is 12.8. The van der Waals surface area contributed by atoms with Crippen LogP contribution in [0.15, 0.2) is 59.7 Å². The van der Waals surface area contributed by atoms with Gasteiger partial charge in [-0.05, 0) is 41.3 Å². The van der Waals surface area contributed by atoms with Crippen molar-refractivity contribution >= 4 is 17.6 Å². The van der Waals surface area contributed by atoms with E-state index in [1.54, 1.807) is 25.1 Å². The molecule has 0 radical (unpaired) electrons. The molecule has 0 bridgehead atoms. The van der Waals surface area contributed by atoms with Gasteiger partial charge in [0.05, 0.1) is 18.7 Å². The summed E-state index contributed by atoms with van der Waals surface area (Å²) in [5, 5.41) is 3.65. The molecule has 0 amide bonds. The van der Waals surface area contributed by atoms with Gasteiger partial charge in [0, 0.05) is 4.91 Å². The first-order valence-corrected chi connectivity index (χ1v) is 7.28. The first-order valence-electron chi connectivity index (χ1n) is 7.28. The zero-order valence-electron chi connectivity index (χ0n) is 12.8. The Bertz CT molecular complexity index is 748. The van der Waals surface area contributed by atoms with Crippen molar-refractivity contribution in [3.63, 3.8) is 0 Å². The summed E-state index contributed by atoms with van der Waals surface area (Å²) in [5.74, 6) is -0.364. The Hall–Kier alpha value is -3.04. The molecule has 0 fully saturated rings. The third kappa shape index (κ3) is 4.73. The van der Waals surface area contributed by atoms with Gasteiger partial charge in [0.25, 0.3) is 0 Å². The summed E-state index contributed by atoms with van der Waals surface area (Å²) in [6.07, 6.45) is 1.94. The molecule has 0 unspecified atom stereocenters. The average molecular weight is 307 g/mol. The summed E-state index contributed by atoms with van der Waals surface area (Å²) >= 11 is 0. The SMILES string of the molecule is CCOC(=O)c1cccc(/C(=C/c2ccccc2)CN=[N+]=[N-])c1. The number of azide groups is 1. The number of benzene rings is 2. The van der Waals surface area contributed by atoms with Crippen LogP contribution in [0, 0.1) is 0 Å². The van der Waals surface area contributed by atoms with Gasteiger partial charge in [0.2, 0.25) is 0 Å². The van der Waals surface area contributed by atoms with E-state index in [1.807, 2.05) is 42.5 Å². The molecule has 0 spiro atoms. The molecule has 2 rings (SSSR count). The molecule has 5 nitrogen and oxygen atoms in total. The third-order valence-electron chi connectivity index (χ3n) is 3.19. The van der Waals surface area contributed by atoms with E-state index in [0.717, 1.165) is 16.7 Å². The second kappa shape index (κ2) is 8.41. The molecule has 0 atom stereocenters. The average Bonchev–Trinajstić information content (AvgIpc) is 2.60. The van der Waals surface area contributed by atoms with Gasteiger partial charge in [-0.3, -0.25) is 0 Å². The smallest absolute Gasteiger partial charge is 0.338 e. The lowest BCUT2D eigenvalue weighted by Crippen LogP contribution is -2.05. The molecule has 0 heterocycles. The maximum Gasteiger partial charge on any atom is 0.338 e. The number of hydrogen-bond acceptors (Lipinski definition) is 3. The lowest BCUT2D eigenvalue weighted by Gasteiger charge is -2.08. The Kier molecular flexibility index (Phi) is 5.98. The molecule has 5 heteroatoms. The Morgan fingerprint density at radius 3 is 2.61 bits per heavy atom. The monoisotopic (exact) mass is 307 g/mol. The standard InChI is InChI=1S/C18H17N3O2/c1-2-23-18(22)16-10-6-9-15(12-16)17(13-20-21-19)11-14-7-4-3-5-8-14/h3-12H,2,13H2,1H3/b17-11+. The van der Waals surface area contributed by atoms with Gasteiger partial charge in [-0.2, -0.15) is 0 Å². The van der Waals surface area contributed by atoms with E-state index in [1.165, 1.54) is 0 Å². The molecule has 0 N–H and O–H groups in total. The Labute approximate surface area is 134 Å². The van der Waals surface area contributed by atoms with E-state index in [2.05, 4.69) is 10.0 Å². The van der Waals surface area contributed by atoms with Crippen LogP contribution in [0.3, 0.4) is 0 Å². The first-order chi connectivity index (χ1) is 11.2. The van der Waals surface area contributed by atoms with Crippen molar-refractivity contribution in [3.05, 3.63) is 81.7 Å². The number of carbonyl (C=O) groups is 1. The summed E-state index contributed by atoms with van der Waals surface area (Å²) in [6.45, 7) is 2.30. The normalized spacial score (nSPS) is 10.7. The number of rotatable bonds is 6. The van der Waals surface area contributed by atoms with Gasteiger partial charge in [0.15, 0.2) is 0 Å². The molecule has 0 aliphatic carbocycles. The molecule has 116 valence electrons. The van der Waals surface area contributed by atoms with Crippen molar-refractivity contribution in [2.45, 2.75) is 6.92 Å². The number of carbonyl (C=O) groups excluding carboxylic acids is 1. The van der Waals surface area contributed by atoms with Gasteiger partial charge in [0.1, 0.15) is 0 Å². The minimum atomic E-state index is -0.364. The fourth-order valence-corrected chi connectivity index (χ4v) is 2.14. The molecule has 0 aliphatic heterocycles. The fourth-order valence-electron chi connectivity index (χ4n) is 2.14. The van der Waals surface area contributed by atoms with Crippen LogP contribution >= 0.6 is 0 Å². The van der Waals surface area contributed by atoms with Crippen molar-refractivity contribution in [2.75, 3.05) is 13.2 Å². The minimum Gasteiger partial charge on any atom is -0.462 e. The van der Waals surface area contributed by atoms with Crippen LogP contribution in [0.5, 0.6) is 0 Å². The first kappa shape index (κ1) is 16.3. The summed E-state index contributed by atoms with van der Waals surface area (Å²) in [4.78, 5) is 14.7. The predicted molar refractivity (Wildman–Crippen MR) is 90.7 cm³/mol. The van der Waals surface area contributed by atoms with Gasteiger partial charge in [-0.15, -0.1) is 0 Å². The highest BCUT2D eigenvalue weighted by atomic mass is 16.5. The summed E-state index contributed by atoms with van der Waals surface area (Å²) < 4.78 is 5.02. The second-order valence-electron chi connectivity index (χ2n) is 4.77. The van der Waals surface area contributed by atoms with Crippen molar-refractivity contribution in [1.82, 2.24) is 0 Å². The van der Waals surface area contributed by atoms with E-state index >= 15 is 0 Å². The largest absolute Gasteiger partial charge is 0.462 e. The number of nitrogens with zero attached hydrogens (tertiary/aromatic N) is 3. The van der Waals surface area contributed by atoms with Crippen molar-refractivity contribution in [1.29, 1.82) is 0 Å². The molecule has 2 aromatic carbocycles. The van der Waals surface area contributed by atoms with E-state index in [9.17, 15) is 4.79 Å². The van der Waals surface area contributed by atoms with Crippen LogP contribution in [0.1, 0.15) is 28.4 Å². The summed E-state index contributed by atoms with van der Waals surface area (Å²) in [6, 6.07) is 16.9. The van der Waals surface area contributed by atoms with Crippen molar-refractivity contribution in [2.24, 2.45) is 5.11 Å². The molecule has 2 aromatic rings. The van der Waals surface area contributed by atoms with E-state index < -0.39 is 0 Å². The van der Waals surface area contributed by atoms with Crippen LogP contribution < -0.4 is 0 Å². The molecular formula is C18H17N3O2. The summed E-state index contributed by atoms with van der Waals surface area (Å²) in [7, 11) is 0. The minimum absolute atomic E-state index is 0.206. The number of hydrogen-bond donors (Lipinski definition) is 0. The Morgan fingerprint density at radius 1 is 1.17 bits per heavy atom. The molecule has 0 aliphatic rings. The van der Waals surface area contributed by atoms with Crippen LogP contribution in [0.4, 0.5) is 0 Å². The highest BCUT2D eigenvalue weighted by molar-refractivity contribution is 5.92. The fraction of sp³-hybridized carbons (Fsp3) is 0.167. The van der Waals surface area contributed by atoms with E-state index in [4.69, 9.17) is 10.3 Å². The molecule has 0 aromatic heterocycles. The lowest BCUT2D eigenvalue weighted by atomic mass is 10.0. The zero-order chi connectivity index (χ0) is 16.5. The van der Waals surface area contributed by atoms with Gasteiger partial charge in [-0.1, -0.05) is 53.7 Å². The maximum absolute atomic E-state index is 11.9. The highest BCUT2D eigenvalue weighted by Gasteiger charge is 2.09. The molecular weight excluding hydrogens is 290 g/mol. The molecule has 23 heavy (non-hydrogen) atoms. The van der Waals surface area contributed by atoms with Crippen molar-refractivity contribution in [3.8, 4) is 0 Å². The van der Waals surface area contributed by atoms with Gasteiger partial charge in [-0.25, -0.2) is 4.79 Å². The third-order valence-corrected chi connectivity index (χ3v) is 3.19.